The van der Waals surface area contributed by atoms with Gasteiger partial charge in [-0.1, -0.05) is 0 Å². The first kappa shape index (κ1) is 15.0. The minimum atomic E-state index is -3.49. The number of hydrogen-bond acceptors (Lipinski definition) is 5. The van der Waals surface area contributed by atoms with Crippen LogP contribution in [0.1, 0.15) is 12.8 Å². The zero-order valence-electron chi connectivity index (χ0n) is 11.7. The van der Waals surface area contributed by atoms with Crippen molar-refractivity contribution in [1.29, 1.82) is 0 Å². The molecule has 7 nitrogen and oxygen atoms in total. The van der Waals surface area contributed by atoms with Crippen molar-refractivity contribution in [1.82, 2.24) is 9.29 Å². The number of pyridine rings is 1. The molecule has 112 valence electrons. The number of aromatic nitrogens is 1. The van der Waals surface area contributed by atoms with E-state index in [0.717, 1.165) is 30.3 Å². The lowest BCUT2D eigenvalue weighted by Gasteiger charge is -2.14. The van der Waals surface area contributed by atoms with Crippen LogP contribution in [-0.4, -0.2) is 51.1 Å². The van der Waals surface area contributed by atoms with Gasteiger partial charge in [0.2, 0.25) is 0 Å². The summed E-state index contributed by atoms with van der Waals surface area (Å²) >= 11 is 0. The Hall–Kier alpha value is -1.38. The van der Waals surface area contributed by atoms with E-state index >= 15 is 0 Å². The van der Waals surface area contributed by atoms with E-state index in [9.17, 15) is 8.42 Å². The van der Waals surface area contributed by atoms with Crippen LogP contribution in [0.5, 0.6) is 0 Å². The van der Waals surface area contributed by atoms with Gasteiger partial charge in [0.1, 0.15) is 5.82 Å². The summed E-state index contributed by atoms with van der Waals surface area (Å²) in [4.78, 5) is 4.17. The van der Waals surface area contributed by atoms with Crippen LogP contribution in [0.3, 0.4) is 0 Å². The molecule has 8 heteroatoms. The van der Waals surface area contributed by atoms with Crippen molar-refractivity contribution in [3.8, 4) is 0 Å². The number of nitrogens with one attached hydrogen (secondary N) is 2. The smallest absolute Gasteiger partial charge is 0.301 e. The van der Waals surface area contributed by atoms with E-state index in [0.29, 0.717) is 11.5 Å². The molecule has 0 radical (unpaired) electrons. The fraction of sp³-hybridized carbons (Fsp3) is 0.583. The van der Waals surface area contributed by atoms with Crippen LogP contribution >= 0.6 is 0 Å². The maximum atomic E-state index is 11.6. The summed E-state index contributed by atoms with van der Waals surface area (Å²) in [6.07, 6.45) is 3.89. The number of rotatable bonds is 6. The second-order valence-corrected chi connectivity index (χ2v) is 6.72. The topological polar surface area (TPSA) is 83.6 Å². The normalized spacial score (nSPS) is 19.2. The van der Waals surface area contributed by atoms with E-state index in [4.69, 9.17) is 4.74 Å². The maximum absolute atomic E-state index is 11.6. The van der Waals surface area contributed by atoms with Gasteiger partial charge in [-0.15, -0.1) is 0 Å². The van der Waals surface area contributed by atoms with Crippen LogP contribution in [0.15, 0.2) is 18.3 Å². The second-order valence-electron chi connectivity index (χ2n) is 4.84. The number of ether oxygens (including phenoxy) is 1. The van der Waals surface area contributed by atoms with E-state index in [1.54, 1.807) is 12.1 Å². The highest BCUT2D eigenvalue weighted by atomic mass is 32.2. The molecule has 1 aliphatic heterocycles. The first-order valence-corrected chi connectivity index (χ1v) is 7.93. The van der Waals surface area contributed by atoms with E-state index in [-0.39, 0.29) is 6.10 Å². The molecule has 0 aliphatic carbocycles. The van der Waals surface area contributed by atoms with Crippen molar-refractivity contribution in [3.63, 3.8) is 0 Å². The molecule has 0 spiro atoms. The molecular weight excluding hydrogens is 280 g/mol. The highest BCUT2D eigenvalue weighted by Crippen LogP contribution is 2.15. The van der Waals surface area contributed by atoms with Crippen LogP contribution in [-0.2, 0) is 14.9 Å². The largest absolute Gasteiger partial charge is 0.376 e. The molecule has 1 unspecified atom stereocenters. The lowest BCUT2D eigenvalue weighted by molar-refractivity contribution is 0.120. The van der Waals surface area contributed by atoms with Crippen LogP contribution in [0.2, 0.25) is 0 Å². The summed E-state index contributed by atoms with van der Waals surface area (Å²) < 4.78 is 32.3. The minimum absolute atomic E-state index is 0.240. The summed E-state index contributed by atoms with van der Waals surface area (Å²) in [7, 11) is -0.555. The molecule has 2 rings (SSSR count). The Morgan fingerprint density at radius 2 is 2.25 bits per heavy atom. The van der Waals surface area contributed by atoms with Gasteiger partial charge in [-0.25, -0.2) is 4.98 Å². The van der Waals surface area contributed by atoms with Crippen molar-refractivity contribution < 1.29 is 13.2 Å². The molecule has 0 aromatic carbocycles. The Balaban J connectivity index is 1.89. The van der Waals surface area contributed by atoms with E-state index in [1.165, 1.54) is 20.3 Å². The zero-order valence-corrected chi connectivity index (χ0v) is 12.5. The molecule has 2 N–H and O–H groups in total. The number of hydrogen-bond donors (Lipinski definition) is 2. The Bertz CT molecular complexity index is 524. The lowest BCUT2D eigenvalue weighted by atomic mass is 10.2. The molecule has 1 aromatic rings. The maximum Gasteiger partial charge on any atom is 0.301 e. The van der Waals surface area contributed by atoms with Gasteiger partial charge in [-0.05, 0) is 25.0 Å². The Labute approximate surface area is 119 Å². The van der Waals surface area contributed by atoms with Gasteiger partial charge >= 0.3 is 10.2 Å². The molecule has 1 aromatic heterocycles. The Morgan fingerprint density at radius 1 is 1.45 bits per heavy atom. The summed E-state index contributed by atoms with van der Waals surface area (Å²) in [5.41, 5.74) is 0.432. The third-order valence-corrected chi connectivity index (χ3v) is 4.48. The fourth-order valence-corrected chi connectivity index (χ4v) is 2.42. The van der Waals surface area contributed by atoms with Gasteiger partial charge in [0.15, 0.2) is 0 Å². The monoisotopic (exact) mass is 300 g/mol. The molecule has 1 aliphatic rings. The molecule has 0 saturated carbocycles. The van der Waals surface area contributed by atoms with E-state index in [2.05, 4.69) is 15.0 Å². The fourth-order valence-electron chi connectivity index (χ4n) is 1.82. The number of anilines is 2. The summed E-state index contributed by atoms with van der Waals surface area (Å²) in [6, 6.07) is 3.41. The first-order valence-electron chi connectivity index (χ1n) is 6.49. The van der Waals surface area contributed by atoms with Crippen LogP contribution < -0.4 is 10.0 Å². The van der Waals surface area contributed by atoms with Gasteiger partial charge in [0.05, 0.1) is 18.0 Å². The molecular formula is C12H20N4O3S. The zero-order chi connectivity index (χ0) is 14.6. The quantitative estimate of drug-likeness (QED) is 0.815. The van der Waals surface area contributed by atoms with Gasteiger partial charge in [0.25, 0.3) is 0 Å². The highest BCUT2D eigenvalue weighted by Gasteiger charge is 2.15. The van der Waals surface area contributed by atoms with E-state index < -0.39 is 10.2 Å². The summed E-state index contributed by atoms with van der Waals surface area (Å²) in [5.74, 6) is 0.702. The van der Waals surface area contributed by atoms with Crippen molar-refractivity contribution in [2.24, 2.45) is 0 Å². The van der Waals surface area contributed by atoms with Crippen molar-refractivity contribution in [2.45, 2.75) is 18.9 Å². The molecule has 1 fully saturated rings. The van der Waals surface area contributed by atoms with Gasteiger partial charge in [-0.2, -0.15) is 12.7 Å². The summed E-state index contributed by atoms with van der Waals surface area (Å²) in [5, 5.41) is 3.18. The molecule has 2 heterocycles. The highest BCUT2D eigenvalue weighted by molar-refractivity contribution is 7.90. The predicted molar refractivity (Wildman–Crippen MR) is 77.9 cm³/mol. The third-order valence-electron chi connectivity index (χ3n) is 3.03. The average Bonchev–Trinajstić information content (AvgIpc) is 2.90. The molecule has 0 bridgehead atoms. The SMILES string of the molecule is CN(C)S(=O)(=O)Nc1ccc(NCC2CCCO2)nc1. The average molecular weight is 300 g/mol. The molecule has 0 amide bonds. The molecule has 20 heavy (non-hydrogen) atoms. The first-order chi connectivity index (χ1) is 9.47. The summed E-state index contributed by atoms with van der Waals surface area (Å²) in [6.45, 7) is 1.54. The van der Waals surface area contributed by atoms with Gasteiger partial charge < -0.3 is 10.1 Å². The van der Waals surface area contributed by atoms with Gasteiger partial charge in [-0.3, -0.25) is 4.72 Å². The lowest BCUT2D eigenvalue weighted by Crippen LogP contribution is -2.29. The minimum Gasteiger partial charge on any atom is -0.376 e. The Kier molecular flexibility index (Phi) is 4.79. The molecule has 1 atom stereocenters. The van der Waals surface area contributed by atoms with Crippen molar-refractivity contribution >= 4 is 21.7 Å². The Morgan fingerprint density at radius 3 is 2.80 bits per heavy atom. The molecule has 1 saturated heterocycles. The van der Waals surface area contributed by atoms with Crippen LogP contribution in [0, 0.1) is 0 Å². The van der Waals surface area contributed by atoms with Gasteiger partial charge in [0, 0.05) is 27.2 Å². The van der Waals surface area contributed by atoms with Crippen LogP contribution in [0.25, 0.3) is 0 Å². The van der Waals surface area contributed by atoms with Crippen molar-refractivity contribution in [2.75, 3.05) is 37.3 Å². The second kappa shape index (κ2) is 6.38. The third kappa shape index (κ3) is 4.06. The number of nitrogens with zero attached hydrogens (tertiary/aromatic N) is 2. The van der Waals surface area contributed by atoms with Crippen molar-refractivity contribution in [3.05, 3.63) is 18.3 Å². The standard InChI is InChI=1S/C12H20N4O3S/c1-16(2)20(17,18)15-10-5-6-12(13-8-10)14-9-11-4-3-7-19-11/h5-6,8,11,15H,3-4,7,9H2,1-2H3,(H,13,14). The predicted octanol–water partition coefficient (Wildman–Crippen LogP) is 0.891. The van der Waals surface area contributed by atoms with Crippen LogP contribution in [0.4, 0.5) is 11.5 Å². The van der Waals surface area contributed by atoms with E-state index in [1.807, 2.05) is 0 Å².